The highest BCUT2D eigenvalue weighted by Crippen LogP contribution is 2.37. The van der Waals surface area contributed by atoms with Crippen LogP contribution in [0.2, 0.25) is 18.1 Å². The van der Waals surface area contributed by atoms with Gasteiger partial charge in [-0.25, -0.2) is 0 Å². The molecule has 0 aliphatic heterocycles. The average molecular weight is 284 g/mol. The van der Waals surface area contributed by atoms with Crippen molar-refractivity contribution in [2.75, 3.05) is 6.26 Å². The Morgan fingerprint density at radius 1 is 1.17 bits per heavy atom. The van der Waals surface area contributed by atoms with Crippen molar-refractivity contribution in [3.8, 4) is 0 Å². The molecule has 0 saturated heterocycles. The molecule has 1 atom stereocenters. The highest BCUT2D eigenvalue weighted by atomic mass is 32.2. The Kier molecular flexibility index (Phi) is 5.06. The van der Waals surface area contributed by atoms with Crippen LogP contribution in [0.4, 0.5) is 0 Å². The predicted octanol–water partition coefficient (Wildman–Crippen LogP) is 3.95. The first-order valence-corrected chi connectivity index (χ1v) is 10.7. The van der Waals surface area contributed by atoms with Crippen LogP contribution in [0.3, 0.4) is 0 Å². The first kappa shape index (κ1) is 15.8. The molecule has 0 amide bonds. The van der Waals surface area contributed by atoms with Gasteiger partial charge in [0.25, 0.3) is 0 Å². The fourth-order valence-electron chi connectivity index (χ4n) is 1.26. The minimum atomic E-state index is -1.68. The van der Waals surface area contributed by atoms with Crippen molar-refractivity contribution < 1.29 is 8.98 Å². The molecule has 0 N–H and O–H groups in total. The van der Waals surface area contributed by atoms with Crippen molar-refractivity contribution in [3.05, 3.63) is 29.8 Å². The molecule has 1 aromatic carbocycles. The van der Waals surface area contributed by atoms with Gasteiger partial charge in [0.2, 0.25) is 0 Å². The second-order valence-corrected chi connectivity index (χ2v) is 12.3. The van der Waals surface area contributed by atoms with E-state index in [0.717, 1.165) is 10.5 Å². The Morgan fingerprint density at radius 2 is 1.67 bits per heavy atom. The van der Waals surface area contributed by atoms with Gasteiger partial charge in [-0.1, -0.05) is 32.9 Å². The fourth-order valence-corrected chi connectivity index (χ4v) is 2.74. The molecule has 0 bridgehead atoms. The van der Waals surface area contributed by atoms with Crippen molar-refractivity contribution in [2.24, 2.45) is 0 Å². The van der Waals surface area contributed by atoms with Crippen LogP contribution in [0.5, 0.6) is 0 Å². The molecule has 0 aliphatic rings. The highest BCUT2D eigenvalue weighted by Gasteiger charge is 2.36. The summed E-state index contributed by atoms with van der Waals surface area (Å²) < 4.78 is 17.4. The Labute approximate surface area is 115 Å². The monoisotopic (exact) mass is 284 g/mol. The molecule has 0 saturated carbocycles. The Morgan fingerprint density at radius 3 is 2.06 bits per heavy atom. The zero-order valence-electron chi connectivity index (χ0n) is 12.2. The smallest absolute Gasteiger partial charge is 0.192 e. The summed E-state index contributed by atoms with van der Waals surface area (Å²) in [5.41, 5.74) is 1.15. The molecular formula is C14H24O2SSi. The van der Waals surface area contributed by atoms with Gasteiger partial charge < -0.3 is 8.98 Å². The molecular weight excluding hydrogens is 260 g/mol. The summed E-state index contributed by atoms with van der Waals surface area (Å²) >= 11 is -0.904. The summed E-state index contributed by atoms with van der Waals surface area (Å²) in [4.78, 5) is 0.867. The van der Waals surface area contributed by atoms with Crippen LogP contribution in [0.15, 0.2) is 29.2 Å². The molecule has 1 unspecified atom stereocenters. The third-order valence-electron chi connectivity index (χ3n) is 3.66. The zero-order chi connectivity index (χ0) is 14.0. The molecule has 0 heterocycles. The van der Waals surface area contributed by atoms with Gasteiger partial charge in [-0.15, -0.1) is 0 Å². The molecule has 0 spiro atoms. The van der Waals surface area contributed by atoms with E-state index in [4.69, 9.17) is 4.43 Å². The summed E-state index contributed by atoms with van der Waals surface area (Å²) in [6, 6.07) is 7.84. The van der Waals surface area contributed by atoms with Crippen LogP contribution < -0.4 is 0 Å². The van der Waals surface area contributed by atoms with Gasteiger partial charge in [0.1, 0.15) is 6.26 Å². The van der Waals surface area contributed by atoms with Crippen molar-refractivity contribution in [1.82, 2.24) is 0 Å². The van der Waals surface area contributed by atoms with E-state index < -0.39 is 19.5 Å². The van der Waals surface area contributed by atoms with E-state index in [9.17, 15) is 4.55 Å². The summed E-state index contributed by atoms with van der Waals surface area (Å²) in [5, 5.41) is 0.234. The molecule has 102 valence electrons. The summed E-state index contributed by atoms with van der Waals surface area (Å²) in [6.45, 7) is 11.9. The maximum atomic E-state index is 11.3. The summed E-state index contributed by atoms with van der Waals surface area (Å²) in [7, 11) is -1.68. The van der Waals surface area contributed by atoms with Gasteiger partial charge in [0, 0.05) is 0 Å². The number of rotatable bonds is 4. The normalized spacial score (nSPS) is 14.6. The Bertz CT molecular complexity index is 380. The maximum absolute atomic E-state index is 11.3. The third-order valence-corrected chi connectivity index (χ3v) is 9.08. The minimum absolute atomic E-state index is 0.234. The number of hydrogen-bond acceptors (Lipinski definition) is 2. The van der Waals surface area contributed by atoms with Gasteiger partial charge in [-0.2, -0.15) is 0 Å². The third kappa shape index (κ3) is 4.12. The first-order chi connectivity index (χ1) is 8.13. The predicted molar refractivity (Wildman–Crippen MR) is 80.8 cm³/mol. The van der Waals surface area contributed by atoms with Crippen LogP contribution in [-0.2, 0) is 22.2 Å². The molecule has 0 radical (unpaired) electrons. The van der Waals surface area contributed by atoms with E-state index in [-0.39, 0.29) is 5.04 Å². The lowest BCUT2D eigenvalue weighted by molar-refractivity contribution is 0.276. The van der Waals surface area contributed by atoms with E-state index in [0.29, 0.717) is 6.61 Å². The van der Waals surface area contributed by atoms with E-state index in [1.807, 2.05) is 24.3 Å². The average Bonchev–Trinajstić information content (AvgIpc) is 2.25. The molecule has 2 nitrogen and oxygen atoms in total. The van der Waals surface area contributed by atoms with Gasteiger partial charge in [0.15, 0.2) is 13.2 Å². The number of hydrogen-bond donors (Lipinski definition) is 0. The molecule has 4 heteroatoms. The van der Waals surface area contributed by atoms with Gasteiger partial charge >= 0.3 is 0 Å². The fraction of sp³-hybridized carbons (Fsp3) is 0.571. The largest absolute Gasteiger partial charge is 0.612 e. The molecule has 0 fully saturated rings. The lowest BCUT2D eigenvalue weighted by atomic mass is 10.2. The molecule has 18 heavy (non-hydrogen) atoms. The Balaban J connectivity index is 2.64. The molecule has 0 aliphatic carbocycles. The van der Waals surface area contributed by atoms with Crippen LogP contribution >= 0.6 is 0 Å². The maximum Gasteiger partial charge on any atom is 0.192 e. The standard InChI is InChI=1S/C14H24O2SSi/c1-14(2,3)18(5,6)16-11-12-7-9-13(10-8-12)17(4)15/h7-10H,11H2,1-6H3. The van der Waals surface area contributed by atoms with Gasteiger partial charge in [-0.3, -0.25) is 0 Å². The van der Waals surface area contributed by atoms with E-state index >= 15 is 0 Å². The zero-order valence-corrected chi connectivity index (χ0v) is 14.1. The number of benzene rings is 1. The van der Waals surface area contributed by atoms with Crippen LogP contribution in [0, 0.1) is 0 Å². The van der Waals surface area contributed by atoms with Gasteiger partial charge in [-0.05, 0) is 47.0 Å². The van der Waals surface area contributed by atoms with Crippen molar-refractivity contribution in [1.29, 1.82) is 0 Å². The quantitative estimate of drug-likeness (QED) is 0.619. The van der Waals surface area contributed by atoms with Crippen LogP contribution in [-0.4, -0.2) is 19.1 Å². The highest BCUT2D eigenvalue weighted by molar-refractivity contribution is 7.90. The van der Waals surface area contributed by atoms with Crippen molar-refractivity contribution in [3.63, 3.8) is 0 Å². The Hall–Kier alpha value is -0.293. The van der Waals surface area contributed by atoms with E-state index in [2.05, 4.69) is 33.9 Å². The van der Waals surface area contributed by atoms with Crippen LogP contribution in [0.25, 0.3) is 0 Å². The first-order valence-electron chi connectivity index (χ1n) is 6.20. The lowest BCUT2D eigenvalue weighted by Gasteiger charge is -2.36. The topological polar surface area (TPSA) is 32.3 Å². The SMILES string of the molecule is C[S+]([O-])c1ccc(CO[Si](C)(C)C(C)(C)C)cc1. The second-order valence-electron chi connectivity index (χ2n) is 6.15. The van der Waals surface area contributed by atoms with E-state index in [1.165, 1.54) is 0 Å². The molecule has 1 aromatic rings. The van der Waals surface area contributed by atoms with Crippen molar-refractivity contribution >= 4 is 19.5 Å². The molecule has 1 rings (SSSR count). The minimum Gasteiger partial charge on any atom is -0.612 e. The summed E-state index contributed by atoms with van der Waals surface area (Å²) in [5.74, 6) is 0. The van der Waals surface area contributed by atoms with Crippen LogP contribution in [0.1, 0.15) is 26.3 Å². The van der Waals surface area contributed by atoms with Gasteiger partial charge in [0.05, 0.1) is 6.61 Å². The summed E-state index contributed by atoms with van der Waals surface area (Å²) in [6.07, 6.45) is 1.70. The lowest BCUT2D eigenvalue weighted by Crippen LogP contribution is -2.40. The molecule has 0 aromatic heterocycles. The van der Waals surface area contributed by atoms with Crippen molar-refractivity contribution in [2.45, 2.75) is 50.4 Å². The second kappa shape index (κ2) is 5.78. The van der Waals surface area contributed by atoms with E-state index in [1.54, 1.807) is 6.26 Å².